The van der Waals surface area contributed by atoms with E-state index in [1.54, 1.807) is 0 Å². The zero-order valence-electron chi connectivity index (χ0n) is 17.3. The van der Waals surface area contributed by atoms with Gasteiger partial charge in [0, 0.05) is 18.8 Å². The lowest BCUT2D eigenvalue weighted by Crippen LogP contribution is -2.34. The monoisotopic (exact) mass is 381 g/mol. The van der Waals surface area contributed by atoms with Crippen LogP contribution in [-0.4, -0.2) is 29.8 Å². The molecule has 0 aromatic heterocycles. The molecule has 0 aliphatic heterocycles. The highest BCUT2D eigenvalue weighted by Gasteiger charge is 2.13. The quantitative estimate of drug-likeness (QED) is 0.682. The summed E-state index contributed by atoms with van der Waals surface area (Å²) in [5, 5.41) is 5.30. The summed E-state index contributed by atoms with van der Waals surface area (Å²) in [6, 6.07) is 15.6. The van der Waals surface area contributed by atoms with Crippen molar-refractivity contribution in [3.8, 4) is 0 Å². The highest BCUT2D eigenvalue weighted by molar-refractivity contribution is 6.39. The number of rotatable bonds is 8. The van der Waals surface area contributed by atoms with Crippen molar-refractivity contribution in [2.45, 2.75) is 46.7 Å². The number of hydrogen-bond donors (Lipinski definition) is 2. The minimum absolute atomic E-state index is 0.324. The van der Waals surface area contributed by atoms with Gasteiger partial charge in [-0.25, -0.2) is 0 Å². The Hall–Kier alpha value is -2.66. The number of anilines is 1. The summed E-state index contributed by atoms with van der Waals surface area (Å²) in [4.78, 5) is 26.5. The predicted octanol–water partition coefficient (Wildman–Crippen LogP) is 3.91. The summed E-state index contributed by atoms with van der Waals surface area (Å²) < 4.78 is 0. The Bertz CT molecular complexity index is 763. The second-order valence-corrected chi connectivity index (χ2v) is 7.19. The summed E-state index contributed by atoms with van der Waals surface area (Å²) in [5.74, 6) is -0.873. The van der Waals surface area contributed by atoms with Crippen molar-refractivity contribution in [2.24, 2.45) is 0 Å². The molecule has 2 aromatic rings. The van der Waals surface area contributed by atoms with Gasteiger partial charge in [-0.05, 0) is 47.8 Å². The van der Waals surface area contributed by atoms with Gasteiger partial charge in [0.15, 0.2) is 0 Å². The minimum atomic E-state index is -0.657. The Kier molecular flexibility index (Phi) is 8.20. The van der Waals surface area contributed by atoms with Gasteiger partial charge in [0.05, 0.1) is 0 Å². The zero-order chi connectivity index (χ0) is 20.5. The van der Waals surface area contributed by atoms with E-state index in [-0.39, 0.29) is 0 Å². The molecular weight excluding hydrogens is 350 g/mol. The Morgan fingerprint density at radius 3 is 1.96 bits per heavy atom. The van der Waals surface area contributed by atoms with Crippen LogP contribution < -0.4 is 10.6 Å². The third-order valence-electron chi connectivity index (χ3n) is 4.82. The molecule has 2 rings (SSSR count). The second kappa shape index (κ2) is 10.6. The normalized spacial score (nSPS) is 10.9. The maximum atomic E-state index is 12.1. The summed E-state index contributed by atoms with van der Waals surface area (Å²) in [6.45, 7) is 11.8. The van der Waals surface area contributed by atoms with E-state index in [0.29, 0.717) is 18.2 Å². The van der Waals surface area contributed by atoms with Crippen LogP contribution >= 0.6 is 0 Å². The van der Waals surface area contributed by atoms with Crippen LogP contribution in [0.1, 0.15) is 50.3 Å². The first-order valence-corrected chi connectivity index (χ1v) is 9.92. The van der Waals surface area contributed by atoms with Crippen LogP contribution in [0.3, 0.4) is 0 Å². The van der Waals surface area contributed by atoms with E-state index < -0.39 is 11.8 Å². The molecule has 0 fully saturated rings. The molecular formula is C23H31N3O2. The SMILES string of the molecule is CCN(CC)Cc1ccc(CNC(=O)C(=O)Nc2ccc(C(C)C)cc2)cc1. The molecule has 0 bridgehead atoms. The molecule has 0 radical (unpaired) electrons. The van der Waals surface area contributed by atoms with Crippen LogP contribution in [0.15, 0.2) is 48.5 Å². The molecule has 150 valence electrons. The van der Waals surface area contributed by atoms with Gasteiger partial charge in [-0.15, -0.1) is 0 Å². The molecule has 2 N–H and O–H groups in total. The summed E-state index contributed by atoms with van der Waals surface area (Å²) >= 11 is 0. The number of nitrogens with zero attached hydrogens (tertiary/aromatic N) is 1. The summed E-state index contributed by atoms with van der Waals surface area (Å²) in [5.41, 5.74) is 4.00. The van der Waals surface area contributed by atoms with Gasteiger partial charge in [0.2, 0.25) is 0 Å². The number of carbonyl (C=O) groups is 2. The average molecular weight is 382 g/mol. The van der Waals surface area contributed by atoms with E-state index in [9.17, 15) is 9.59 Å². The maximum absolute atomic E-state index is 12.1. The second-order valence-electron chi connectivity index (χ2n) is 7.19. The number of benzene rings is 2. The van der Waals surface area contributed by atoms with Crippen LogP contribution in [-0.2, 0) is 22.7 Å². The van der Waals surface area contributed by atoms with Crippen molar-refractivity contribution in [3.05, 3.63) is 65.2 Å². The van der Waals surface area contributed by atoms with Gasteiger partial charge < -0.3 is 10.6 Å². The molecule has 2 amide bonds. The third-order valence-corrected chi connectivity index (χ3v) is 4.82. The van der Waals surface area contributed by atoms with Gasteiger partial charge >= 0.3 is 11.8 Å². The molecule has 28 heavy (non-hydrogen) atoms. The predicted molar refractivity (Wildman–Crippen MR) is 114 cm³/mol. The Balaban J connectivity index is 1.83. The molecule has 0 saturated carbocycles. The molecule has 0 atom stereocenters. The van der Waals surface area contributed by atoms with Crippen molar-refractivity contribution < 1.29 is 9.59 Å². The summed E-state index contributed by atoms with van der Waals surface area (Å²) in [6.07, 6.45) is 0. The minimum Gasteiger partial charge on any atom is -0.344 e. The lowest BCUT2D eigenvalue weighted by molar-refractivity contribution is -0.136. The van der Waals surface area contributed by atoms with Gasteiger partial charge in [-0.2, -0.15) is 0 Å². The van der Waals surface area contributed by atoms with Crippen molar-refractivity contribution in [1.29, 1.82) is 0 Å². The molecule has 0 aliphatic carbocycles. The zero-order valence-corrected chi connectivity index (χ0v) is 17.3. The van der Waals surface area contributed by atoms with E-state index >= 15 is 0 Å². The number of hydrogen-bond acceptors (Lipinski definition) is 3. The topological polar surface area (TPSA) is 61.4 Å². The molecule has 2 aromatic carbocycles. The van der Waals surface area contributed by atoms with Crippen LogP contribution in [0.4, 0.5) is 5.69 Å². The van der Waals surface area contributed by atoms with E-state index in [0.717, 1.165) is 25.2 Å². The Labute approximate surface area is 168 Å². The smallest absolute Gasteiger partial charge is 0.313 e. The van der Waals surface area contributed by atoms with Crippen molar-refractivity contribution in [1.82, 2.24) is 10.2 Å². The van der Waals surface area contributed by atoms with Crippen LogP contribution in [0, 0.1) is 0 Å². The first kappa shape index (κ1) is 21.6. The summed E-state index contributed by atoms with van der Waals surface area (Å²) in [7, 11) is 0. The number of carbonyl (C=O) groups excluding carboxylic acids is 2. The van der Waals surface area contributed by atoms with Crippen molar-refractivity contribution in [3.63, 3.8) is 0 Å². The largest absolute Gasteiger partial charge is 0.344 e. The first-order valence-electron chi connectivity index (χ1n) is 9.92. The fourth-order valence-electron chi connectivity index (χ4n) is 2.87. The highest BCUT2D eigenvalue weighted by Crippen LogP contribution is 2.17. The van der Waals surface area contributed by atoms with Crippen molar-refractivity contribution in [2.75, 3.05) is 18.4 Å². The van der Waals surface area contributed by atoms with Gasteiger partial charge in [0.25, 0.3) is 0 Å². The Morgan fingerprint density at radius 2 is 1.43 bits per heavy atom. The first-order chi connectivity index (χ1) is 13.4. The maximum Gasteiger partial charge on any atom is 0.313 e. The van der Waals surface area contributed by atoms with Crippen LogP contribution in [0.5, 0.6) is 0 Å². The van der Waals surface area contributed by atoms with Gasteiger partial charge in [0.1, 0.15) is 0 Å². The van der Waals surface area contributed by atoms with Crippen LogP contribution in [0.25, 0.3) is 0 Å². The molecule has 0 saturated heterocycles. The molecule has 0 spiro atoms. The van der Waals surface area contributed by atoms with Gasteiger partial charge in [-0.3, -0.25) is 14.5 Å². The molecule has 0 unspecified atom stereocenters. The van der Waals surface area contributed by atoms with Gasteiger partial charge in [-0.1, -0.05) is 64.1 Å². The molecule has 5 nitrogen and oxygen atoms in total. The fraction of sp³-hybridized carbons (Fsp3) is 0.391. The average Bonchev–Trinajstić information content (AvgIpc) is 2.71. The number of amides is 2. The highest BCUT2D eigenvalue weighted by atomic mass is 16.2. The lowest BCUT2D eigenvalue weighted by Gasteiger charge is -2.18. The molecule has 0 aliphatic rings. The third kappa shape index (κ3) is 6.50. The fourth-order valence-corrected chi connectivity index (χ4v) is 2.87. The van der Waals surface area contributed by atoms with E-state index in [4.69, 9.17) is 0 Å². The van der Waals surface area contributed by atoms with E-state index in [1.165, 1.54) is 11.1 Å². The molecule has 5 heteroatoms. The Morgan fingerprint density at radius 1 is 0.857 bits per heavy atom. The molecule has 0 heterocycles. The van der Waals surface area contributed by atoms with E-state index in [2.05, 4.69) is 55.4 Å². The van der Waals surface area contributed by atoms with Crippen LogP contribution in [0.2, 0.25) is 0 Å². The van der Waals surface area contributed by atoms with Crippen molar-refractivity contribution >= 4 is 17.5 Å². The van der Waals surface area contributed by atoms with E-state index in [1.807, 2.05) is 36.4 Å². The lowest BCUT2D eigenvalue weighted by atomic mass is 10.0. The number of nitrogens with one attached hydrogen (secondary N) is 2. The standard InChI is InChI=1S/C23H31N3O2/c1-5-26(6-2)16-19-9-7-18(8-10-19)15-24-22(27)23(28)25-21-13-11-20(12-14-21)17(3)4/h7-14,17H,5-6,15-16H2,1-4H3,(H,24,27)(H,25,28).